The van der Waals surface area contributed by atoms with Gasteiger partial charge in [-0.15, -0.1) is 0 Å². The maximum atomic E-state index is 12.4. The number of methoxy groups -OCH3 is 1. The molecular weight excluding hydrogens is 352 g/mol. The first-order chi connectivity index (χ1) is 13.8. The van der Waals surface area contributed by atoms with E-state index in [-0.39, 0.29) is 5.91 Å². The molecule has 28 heavy (non-hydrogen) atoms. The van der Waals surface area contributed by atoms with Crippen molar-refractivity contribution in [2.75, 3.05) is 7.11 Å². The zero-order valence-corrected chi connectivity index (χ0v) is 15.2. The number of ether oxygens (including phenoxy) is 1. The number of rotatable bonds is 5. The average molecular weight is 370 g/mol. The Morgan fingerprint density at radius 3 is 2.68 bits per heavy atom. The van der Waals surface area contributed by atoms with Crippen LogP contribution in [0.5, 0.6) is 5.75 Å². The van der Waals surface area contributed by atoms with Crippen molar-refractivity contribution < 1.29 is 9.53 Å². The van der Waals surface area contributed by atoms with Crippen molar-refractivity contribution in [1.29, 1.82) is 0 Å². The SMILES string of the molecule is COc1ccc2ccccc2c1-c1cc(C(=O)N/N=C/c2ccccc2)[nH]n1. The fourth-order valence-corrected chi connectivity index (χ4v) is 3.02. The Bertz CT molecular complexity index is 1150. The van der Waals surface area contributed by atoms with Gasteiger partial charge in [0.05, 0.1) is 24.6 Å². The Morgan fingerprint density at radius 1 is 1.07 bits per heavy atom. The van der Waals surface area contributed by atoms with E-state index in [9.17, 15) is 4.79 Å². The largest absolute Gasteiger partial charge is 0.496 e. The number of amides is 1. The molecule has 138 valence electrons. The number of nitrogens with one attached hydrogen (secondary N) is 2. The van der Waals surface area contributed by atoms with E-state index in [1.807, 2.05) is 66.7 Å². The van der Waals surface area contributed by atoms with Gasteiger partial charge in [-0.2, -0.15) is 10.2 Å². The Balaban J connectivity index is 1.60. The summed E-state index contributed by atoms with van der Waals surface area (Å²) in [6.07, 6.45) is 1.59. The summed E-state index contributed by atoms with van der Waals surface area (Å²) in [5.74, 6) is 0.324. The minimum atomic E-state index is -0.370. The fourth-order valence-electron chi connectivity index (χ4n) is 3.02. The van der Waals surface area contributed by atoms with E-state index in [4.69, 9.17) is 4.74 Å². The van der Waals surface area contributed by atoms with Crippen molar-refractivity contribution in [3.8, 4) is 17.0 Å². The summed E-state index contributed by atoms with van der Waals surface area (Å²) >= 11 is 0. The van der Waals surface area contributed by atoms with E-state index in [1.54, 1.807) is 19.4 Å². The Labute approximate surface area is 161 Å². The van der Waals surface area contributed by atoms with Crippen molar-refractivity contribution >= 4 is 22.9 Å². The molecule has 2 N–H and O–H groups in total. The first-order valence-corrected chi connectivity index (χ1v) is 8.76. The van der Waals surface area contributed by atoms with E-state index in [0.29, 0.717) is 17.1 Å². The van der Waals surface area contributed by atoms with Crippen LogP contribution < -0.4 is 10.2 Å². The van der Waals surface area contributed by atoms with Gasteiger partial charge in [0.25, 0.3) is 5.91 Å². The number of carbonyl (C=O) groups is 1. The standard InChI is InChI=1S/C22H18N4O2/c1-28-20-12-11-16-9-5-6-10-17(16)21(20)18-13-19(25-24-18)22(27)26-23-14-15-7-3-2-4-8-15/h2-14H,1H3,(H,24,25)(H,26,27)/b23-14+. The van der Waals surface area contributed by atoms with Crippen LogP contribution in [0.2, 0.25) is 0 Å². The van der Waals surface area contributed by atoms with Gasteiger partial charge in [-0.3, -0.25) is 9.89 Å². The first-order valence-electron chi connectivity index (χ1n) is 8.76. The summed E-state index contributed by atoms with van der Waals surface area (Å²) < 4.78 is 5.51. The molecule has 0 saturated heterocycles. The van der Waals surface area contributed by atoms with Crippen molar-refractivity contribution in [2.24, 2.45) is 5.10 Å². The maximum absolute atomic E-state index is 12.4. The summed E-state index contributed by atoms with van der Waals surface area (Å²) in [6.45, 7) is 0. The van der Waals surface area contributed by atoms with Crippen molar-refractivity contribution in [3.63, 3.8) is 0 Å². The third-order valence-electron chi connectivity index (χ3n) is 4.37. The van der Waals surface area contributed by atoms with E-state index in [0.717, 1.165) is 21.9 Å². The molecule has 0 atom stereocenters. The molecule has 6 heteroatoms. The lowest BCUT2D eigenvalue weighted by Gasteiger charge is -2.09. The number of hydrazone groups is 1. The molecule has 0 radical (unpaired) electrons. The van der Waals surface area contributed by atoms with Crippen LogP contribution in [-0.4, -0.2) is 29.4 Å². The highest BCUT2D eigenvalue weighted by atomic mass is 16.5. The molecule has 6 nitrogen and oxygen atoms in total. The van der Waals surface area contributed by atoms with Crippen LogP contribution in [0.15, 0.2) is 77.9 Å². The molecule has 4 rings (SSSR count). The predicted molar refractivity (Wildman–Crippen MR) is 110 cm³/mol. The fraction of sp³-hybridized carbons (Fsp3) is 0.0455. The molecule has 1 heterocycles. The van der Waals surface area contributed by atoms with Crippen molar-refractivity contribution in [1.82, 2.24) is 15.6 Å². The van der Waals surface area contributed by atoms with Gasteiger partial charge in [0, 0.05) is 0 Å². The average Bonchev–Trinajstić information content (AvgIpc) is 3.23. The first kappa shape index (κ1) is 17.5. The molecule has 3 aromatic carbocycles. The van der Waals surface area contributed by atoms with E-state index in [2.05, 4.69) is 20.7 Å². The third kappa shape index (κ3) is 3.48. The highest BCUT2D eigenvalue weighted by Gasteiger charge is 2.16. The van der Waals surface area contributed by atoms with Gasteiger partial charge in [-0.25, -0.2) is 5.43 Å². The number of nitrogens with zero attached hydrogens (tertiary/aromatic N) is 2. The van der Waals surface area contributed by atoms with Gasteiger partial charge in [0.2, 0.25) is 0 Å². The minimum Gasteiger partial charge on any atom is -0.496 e. The maximum Gasteiger partial charge on any atom is 0.289 e. The van der Waals surface area contributed by atoms with Crippen LogP contribution in [0.4, 0.5) is 0 Å². The molecule has 1 amide bonds. The summed E-state index contributed by atoms with van der Waals surface area (Å²) in [6, 6.07) is 23.1. The number of hydrogen-bond donors (Lipinski definition) is 2. The Kier molecular flexibility index (Phi) is 4.84. The Morgan fingerprint density at radius 2 is 1.86 bits per heavy atom. The third-order valence-corrected chi connectivity index (χ3v) is 4.37. The second-order valence-corrected chi connectivity index (χ2v) is 6.14. The molecule has 0 unspecified atom stereocenters. The summed E-state index contributed by atoms with van der Waals surface area (Å²) in [5, 5.41) is 13.2. The molecule has 0 bridgehead atoms. The smallest absolute Gasteiger partial charge is 0.289 e. The highest BCUT2D eigenvalue weighted by Crippen LogP contribution is 2.36. The molecule has 0 spiro atoms. The van der Waals surface area contributed by atoms with Gasteiger partial charge in [0.1, 0.15) is 11.4 Å². The van der Waals surface area contributed by atoms with Crippen LogP contribution in [0, 0.1) is 0 Å². The van der Waals surface area contributed by atoms with Crippen LogP contribution in [-0.2, 0) is 0 Å². The van der Waals surface area contributed by atoms with Gasteiger partial charge in [-0.05, 0) is 28.5 Å². The van der Waals surface area contributed by atoms with Crippen LogP contribution in [0.25, 0.3) is 22.0 Å². The molecule has 0 aliphatic carbocycles. The predicted octanol–water partition coefficient (Wildman–Crippen LogP) is 4.00. The van der Waals surface area contributed by atoms with Crippen molar-refractivity contribution in [2.45, 2.75) is 0 Å². The van der Waals surface area contributed by atoms with E-state index >= 15 is 0 Å². The summed E-state index contributed by atoms with van der Waals surface area (Å²) in [5.41, 5.74) is 5.19. The van der Waals surface area contributed by atoms with Crippen LogP contribution >= 0.6 is 0 Å². The van der Waals surface area contributed by atoms with Crippen LogP contribution in [0.1, 0.15) is 16.1 Å². The summed E-state index contributed by atoms with van der Waals surface area (Å²) in [7, 11) is 1.62. The number of benzene rings is 3. The second-order valence-electron chi connectivity index (χ2n) is 6.14. The molecule has 4 aromatic rings. The lowest BCUT2D eigenvalue weighted by atomic mass is 10.0. The molecular formula is C22H18N4O2. The van der Waals surface area contributed by atoms with Crippen LogP contribution in [0.3, 0.4) is 0 Å². The Hall–Kier alpha value is -3.93. The van der Waals surface area contributed by atoms with Crippen molar-refractivity contribution in [3.05, 3.63) is 84.1 Å². The highest BCUT2D eigenvalue weighted by molar-refractivity contribution is 6.00. The zero-order chi connectivity index (χ0) is 19.3. The number of carbonyl (C=O) groups excluding carboxylic acids is 1. The quantitative estimate of drug-likeness (QED) is 0.412. The second kappa shape index (κ2) is 7.75. The monoisotopic (exact) mass is 370 g/mol. The molecule has 0 saturated carbocycles. The number of aromatic nitrogens is 2. The molecule has 0 aliphatic heterocycles. The lowest BCUT2D eigenvalue weighted by Crippen LogP contribution is -2.17. The minimum absolute atomic E-state index is 0.315. The number of hydrogen-bond acceptors (Lipinski definition) is 4. The van der Waals surface area contributed by atoms with Gasteiger partial charge < -0.3 is 4.74 Å². The van der Waals surface area contributed by atoms with E-state index < -0.39 is 0 Å². The number of H-pyrrole nitrogens is 1. The molecule has 0 fully saturated rings. The molecule has 1 aromatic heterocycles. The van der Waals surface area contributed by atoms with Gasteiger partial charge in [-0.1, -0.05) is 60.7 Å². The number of aromatic amines is 1. The molecule has 0 aliphatic rings. The number of fused-ring (bicyclic) bond motifs is 1. The van der Waals surface area contributed by atoms with Gasteiger partial charge >= 0.3 is 0 Å². The van der Waals surface area contributed by atoms with E-state index in [1.165, 1.54) is 0 Å². The zero-order valence-electron chi connectivity index (χ0n) is 15.2. The van der Waals surface area contributed by atoms with Gasteiger partial charge in [0.15, 0.2) is 0 Å². The normalized spacial score (nSPS) is 11.0. The summed E-state index contributed by atoms with van der Waals surface area (Å²) in [4.78, 5) is 12.4. The lowest BCUT2D eigenvalue weighted by molar-refractivity contribution is 0.0950. The topological polar surface area (TPSA) is 79.4 Å².